The molecule has 0 bridgehead atoms. The summed E-state index contributed by atoms with van der Waals surface area (Å²) in [5.41, 5.74) is 1.94. The summed E-state index contributed by atoms with van der Waals surface area (Å²) in [7, 11) is 1.55. The van der Waals surface area contributed by atoms with Crippen LogP contribution >= 0.6 is 0 Å². The lowest BCUT2D eigenvalue weighted by Crippen LogP contribution is -2.39. The lowest BCUT2D eigenvalue weighted by atomic mass is 10.0. The highest BCUT2D eigenvalue weighted by Crippen LogP contribution is 2.30. The summed E-state index contributed by atoms with van der Waals surface area (Å²) in [4.78, 5) is 36.5. The number of aromatic nitrogens is 4. The second-order valence-electron chi connectivity index (χ2n) is 7.36. The molecule has 1 aromatic carbocycles. The molecule has 2 aromatic heterocycles. The first-order valence-corrected chi connectivity index (χ1v) is 10.2. The summed E-state index contributed by atoms with van der Waals surface area (Å²) in [5.74, 6) is 0.671. The number of aromatic amines is 1. The van der Waals surface area contributed by atoms with Crippen LogP contribution in [0.3, 0.4) is 0 Å². The number of anilines is 1. The number of carbonyl (C=O) groups excluding carboxylic acids is 2. The summed E-state index contributed by atoms with van der Waals surface area (Å²) in [6, 6.07) is 8.61. The smallest absolute Gasteiger partial charge is 0.272 e. The van der Waals surface area contributed by atoms with Crippen LogP contribution in [0.15, 0.2) is 42.7 Å². The van der Waals surface area contributed by atoms with Gasteiger partial charge in [0.25, 0.3) is 11.8 Å². The van der Waals surface area contributed by atoms with Crippen molar-refractivity contribution < 1.29 is 14.3 Å². The number of rotatable bonds is 5. The maximum atomic E-state index is 12.9. The van der Waals surface area contributed by atoms with Crippen molar-refractivity contribution in [2.45, 2.75) is 32.2 Å². The SMILES string of the molecule is COc1ccccc1NC(=O)c1cnc([C@@H]2CCCCN2C(=O)c2ccn[nH]2)nc1C. The quantitative estimate of drug-likeness (QED) is 0.656. The molecule has 0 aliphatic carbocycles. The second-order valence-corrected chi connectivity index (χ2v) is 7.36. The molecule has 0 unspecified atom stereocenters. The Balaban J connectivity index is 1.56. The van der Waals surface area contributed by atoms with Gasteiger partial charge in [0.05, 0.1) is 30.1 Å². The lowest BCUT2D eigenvalue weighted by Gasteiger charge is -2.34. The topological polar surface area (TPSA) is 113 Å². The van der Waals surface area contributed by atoms with Crippen LogP contribution in [0, 0.1) is 6.92 Å². The molecule has 1 fully saturated rings. The molecule has 0 saturated carbocycles. The fourth-order valence-corrected chi connectivity index (χ4v) is 3.78. The highest BCUT2D eigenvalue weighted by atomic mass is 16.5. The number of methoxy groups -OCH3 is 1. The second kappa shape index (κ2) is 8.95. The minimum absolute atomic E-state index is 0.124. The van der Waals surface area contributed by atoms with E-state index in [1.165, 1.54) is 6.20 Å². The number of likely N-dealkylation sites (tertiary alicyclic amines) is 1. The van der Waals surface area contributed by atoms with Gasteiger partial charge in [0.2, 0.25) is 0 Å². The van der Waals surface area contributed by atoms with Gasteiger partial charge in [0.15, 0.2) is 5.82 Å². The number of H-pyrrole nitrogens is 1. The predicted octanol–water partition coefficient (Wildman–Crippen LogP) is 3.14. The standard InChI is InChI=1S/C22H24N6O3/c1-14-15(21(29)26-16-7-3-4-9-19(16)31-2)13-23-20(25-14)18-8-5-6-12-28(18)22(30)17-10-11-24-27-17/h3-4,7,9-11,13,18H,5-6,8,12H2,1-2H3,(H,24,27)(H,26,29)/t18-/m0/s1. The van der Waals surface area contributed by atoms with Crippen LogP contribution in [-0.2, 0) is 0 Å². The highest BCUT2D eigenvalue weighted by Gasteiger charge is 2.31. The summed E-state index contributed by atoms with van der Waals surface area (Å²) in [6.07, 6.45) is 5.76. The fraction of sp³-hybridized carbons (Fsp3) is 0.318. The van der Waals surface area contributed by atoms with E-state index in [-0.39, 0.29) is 17.9 Å². The van der Waals surface area contributed by atoms with Crippen molar-refractivity contribution in [1.29, 1.82) is 0 Å². The Bertz CT molecular complexity index is 1080. The van der Waals surface area contributed by atoms with Gasteiger partial charge in [-0.3, -0.25) is 14.7 Å². The Morgan fingerprint density at radius 3 is 2.81 bits per heavy atom. The number of piperidine rings is 1. The third-order valence-corrected chi connectivity index (χ3v) is 5.39. The van der Waals surface area contributed by atoms with Crippen LogP contribution < -0.4 is 10.1 Å². The Morgan fingerprint density at radius 2 is 2.06 bits per heavy atom. The number of benzene rings is 1. The average molecular weight is 420 g/mol. The van der Waals surface area contributed by atoms with Gasteiger partial charge in [-0.1, -0.05) is 12.1 Å². The molecule has 0 spiro atoms. The Labute approximate surface area is 179 Å². The number of carbonyl (C=O) groups is 2. The number of nitrogens with zero attached hydrogens (tertiary/aromatic N) is 4. The molecule has 4 rings (SSSR count). The zero-order valence-electron chi connectivity index (χ0n) is 17.5. The fourth-order valence-electron chi connectivity index (χ4n) is 3.78. The highest BCUT2D eigenvalue weighted by molar-refractivity contribution is 6.05. The van der Waals surface area contributed by atoms with E-state index in [9.17, 15) is 9.59 Å². The van der Waals surface area contributed by atoms with E-state index in [1.807, 2.05) is 12.1 Å². The van der Waals surface area contributed by atoms with E-state index in [4.69, 9.17) is 4.74 Å². The molecule has 9 nitrogen and oxygen atoms in total. The van der Waals surface area contributed by atoms with Crippen LogP contribution in [0.5, 0.6) is 5.75 Å². The first-order valence-electron chi connectivity index (χ1n) is 10.2. The number of ether oxygens (including phenoxy) is 1. The molecule has 0 radical (unpaired) electrons. The van der Waals surface area contributed by atoms with Gasteiger partial charge in [-0.15, -0.1) is 0 Å². The van der Waals surface area contributed by atoms with Crippen LogP contribution in [0.25, 0.3) is 0 Å². The molecular weight excluding hydrogens is 396 g/mol. The van der Waals surface area contributed by atoms with Gasteiger partial charge in [-0.2, -0.15) is 5.10 Å². The van der Waals surface area contributed by atoms with E-state index in [1.54, 1.807) is 43.3 Å². The van der Waals surface area contributed by atoms with E-state index in [2.05, 4.69) is 25.5 Å². The molecule has 1 atom stereocenters. The van der Waals surface area contributed by atoms with E-state index >= 15 is 0 Å². The zero-order valence-corrected chi connectivity index (χ0v) is 17.5. The Hall–Kier alpha value is -3.75. The van der Waals surface area contributed by atoms with Crippen LogP contribution in [0.1, 0.15) is 57.7 Å². The van der Waals surface area contributed by atoms with E-state index in [0.29, 0.717) is 40.8 Å². The summed E-state index contributed by atoms with van der Waals surface area (Å²) >= 11 is 0. The van der Waals surface area contributed by atoms with Gasteiger partial charge in [0, 0.05) is 18.9 Å². The predicted molar refractivity (Wildman–Crippen MR) is 114 cm³/mol. The molecule has 1 aliphatic rings. The summed E-state index contributed by atoms with van der Waals surface area (Å²) < 4.78 is 5.29. The Morgan fingerprint density at radius 1 is 1.23 bits per heavy atom. The summed E-state index contributed by atoms with van der Waals surface area (Å²) in [5, 5.41) is 9.44. The third kappa shape index (κ3) is 4.25. The number of hydrogen-bond acceptors (Lipinski definition) is 6. The first-order chi connectivity index (χ1) is 15.1. The zero-order chi connectivity index (χ0) is 21.8. The summed E-state index contributed by atoms with van der Waals surface area (Å²) in [6.45, 7) is 2.40. The molecule has 9 heteroatoms. The largest absolute Gasteiger partial charge is 0.495 e. The van der Waals surface area contributed by atoms with E-state index in [0.717, 1.165) is 19.3 Å². The number of amides is 2. The van der Waals surface area contributed by atoms with Crippen molar-refractivity contribution in [3.8, 4) is 5.75 Å². The van der Waals surface area contributed by atoms with E-state index < -0.39 is 0 Å². The molecule has 2 amide bonds. The number of nitrogens with one attached hydrogen (secondary N) is 2. The minimum atomic E-state index is -0.317. The molecule has 2 N–H and O–H groups in total. The van der Waals surface area contributed by atoms with Crippen molar-refractivity contribution >= 4 is 17.5 Å². The third-order valence-electron chi connectivity index (χ3n) is 5.39. The Kier molecular flexibility index (Phi) is 5.92. The molecule has 1 saturated heterocycles. The monoisotopic (exact) mass is 420 g/mol. The van der Waals surface area contributed by atoms with Crippen molar-refractivity contribution in [2.24, 2.45) is 0 Å². The van der Waals surface area contributed by atoms with Gasteiger partial charge < -0.3 is 15.0 Å². The van der Waals surface area contributed by atoms with Crippen molar-refractivity contribution in [3.05, 3.63) is 65.5 Å². The van der Waals surface area contributed by atoms with Gasteiger partial charge >= 0.3 is 0 Å². The van der Waals surface area contributed by atoms with Crippen molar-refractivity contribution in [2.75, 3.05) is 19.0 Å². The average Bonchev–Trinajstić information content (AvgIpc) is 3.34. The van der Waals surface area contributed by atoms with Crippen LogP contribution in [0.4, 0.5) is 5.69 Å². The maximum absolute atomic E-state index is 12.9. The van der Waals surface area contributed by atoms with Crippen molar-refractivity contribution in [3.63, 3.8) is 0 Å². The molecule has 3 aromatic rings. The van der Waals surface area contributed by atoms with Gasteiger partial charge in [-0.25, -0.2) is 9.97 Å². The minimum Gasteiger partial charge on any atom is -0.495 e. The maximum Gasteiger partial charge on any atom is 0.272 e. The molecule has 31 heavy (non-hydrogen) atoms. The van der Waals surface area contributed by atoms with Crippen LogP contribution in [0.2, 0.25) is 0 Å². The first kappa shape index (κ1) is 20.5. The normalized spacial score (nSPS) is 16.1. The van der Waals surface area contributed by atoms with Gasteiger partial charge in [0.1, 0.15) is 11.4 Å². The molecule has 1 aliphatic heterocycles. The van der Waals surface area contributed by atoms with Gasteiger partial charge in [-0.05, 0) is 44.4 Å². The number of para-hydroxylation sites is 2. The molecule has 160 valence electrons. The van der Waals surface area contributed by atoms with Crippen molar-refractivity contribution in [1.82, 2.24) is 25.1 Å². The number of aryl methyl sites for hydroxylation is 1. The molecular formula is C22H24N6O3. The lowest BCUT2D eigenvalue weighted by molar-refractivity contribution is 0.0593. The number of hydrogen-bond donors (Lipinski definition) is 2. The van der Waals surface area contributed by atoms with Crippen LogP contribution in [-0.4, -0.2) is 50.5 Å². The molecule has 3 heterocycles.